The van der Waals surface area contributed by atoms with Gasteiger partial charge in [0.05, 0.1) is 28.4 Å². The first-order valence-corrected chi connectivity index (χ1v) is 7.51. The second-order valence-electron chi connectivity index (χ2n) is 5.19. The molecular weight excluding hydrogens is 354 g/mol. The summed E-state index contributed by atoms with van der Waals surface area (Å²) in [5.41, 5.74) is 1.62. The zero-order chi connectivity index (χ0) is 18.0. The number of rotatable bonds is 4. The highest BCUT2D eigenvalue weighted by atomic mass is 35.5. The Hall–Kier alpha value is -2.87. The van der Waals surface area contributed by atoms with Crippen LogP contribution in [0.25, 0.3) is 11.0 Å². The average Bonchev–Trinajstić information content (AvgIpc) is 2.99. The number of aromatic nitrogens is 3. The minimum absolute atomic E-state index is 0.235. The van der Waals surface area contributed by atoms with Gasteiger partial charge in [-0.1, -0.05) is 34.1 Å². The Bertz CT molecular complexity index is 987. The van der Waals surface area contributed by atoms with Crippen molar-refractivity contribution in [3.63, 3.8) is 0 Å². The lowest BCUT2D eigenvalue weighted by Crippen LogP contribution is -2.11. The van der Waals surface area contributed by atoms with Gasteiger partial charge in [-0.2, -0.15) is 0 Å². The topological polar surface area (TPSA) is 69.4 Å². The van der Waals surface area contributed by atoms with Gasteiger partial charge in [0.25, 0.3) is 0 Å². The molecular formula is C16H11ClF2N4O2. The van der Waals surface area contributed by atoms with E-state index >= 15 is 0 Å². The largest absolute Gasteiger partial charge is 0.367 e. The van der Waals surface area contributed by atoms with Crippen molar-refractivity contribution in [1.29, 1.82) is 0 Å². The van der Waals surface area contributed by atoms with Crippen molar-refractivity contribution in [3.8, 4) is 0 Å². The minimum Gasteiger partial charge on any atom is -0.313 e. The quantitative estimate of drug-likeness (QED) is 0.307. The molecule has 9 heteroatoms. The van der Waals surface area contributed by atoms with Crippen LogP contribution in [-0.4, -0.2) is 26.7 Å². The normalized spacial score (nSPS) is 11.8. The van der Waals surface area contributed by atoms with E-state index in [0.717, 1.165) is 11.0 Å². The second kappa shape index (κ2) is 6.94. The van der Waals surface area contributed by atoms with Crippen LogP contribution in [0.1, 0.15) is 17.3 Å². The summed E-state index contributed by atoms with van der Waals surface area (Å²) in [6.45, 7) is 1.86. The smallest absolute Gasteiger partial charge is 0.313 e. The maximum atomic E-state index is 13.2. The Kier molecular flexibility index (Phi) is 4.71. The van der Waals surface area contributed by atoms with E-state index in [1.807, 2.05) is 24.3 Å². The van der Waals surface area contributed by atoms with Gasteiger partial charge in [0.2, 0.25) is 0 Å². The Morgan fingerprint density at radius 3 is 2.80 bits per heavy atom. The molecule has 6 nitrogen and oxygen atoms in total. The molecule has 0 saturated carbocycles. The van der Waals surface area contributed by atoms with E-state index in [9.17, 15) is 13.6 Å². The van der Waals surface area contributed by atoms with Crippen molar-refractivity contribution in [2.45, 2.75) is 13.5 Å². The lowest BCUT2D eigenvalue weighted by atomic mass is 10.2. The van der Waals surface area contributed by atoms with Crippen LogP contribution in [0.2, 0.25) is 5.02 Å². The third kappa shape index (κ3) is 3.63. The maximum Gasteiger partial charge on any atom is 0.367 e. The molecule has 0 N–H and O–H groups in total. The number of oxime groups is 1. The van der Waals surface area contributed by atoms with Crippen LogP contribution < -0.4 is 0 Å². The van der Waals surface area contributed by atoms with Crippen LogP contribution >= 0.6 is 11.6 Å². The monoisotopic (exact) mass is 364 g/mol. The van der Waals surface area contributed by atoms with Gasteiger partial charge in [-0.05, 0) is 31.2 Å². The number of carbonyl (C=O) groups is 1. The molecule has 1 aromatic heterocycles. The molecule has 0 saturated heterocycles. The van der Waals surface area contributed by atoms with Crippen LogP contribution in [-0.2, 0) is 11.4 Å². The minimum atomic E-state index is -1.20. The standard InChI is InChI=1S/C16H11ClF2N4O2/c1-9(8-23-15-5-3-2-4-14(15)20-22-23)21-25-16(24)10-6-12(18)13(19)7-11(10)17/h2-7H,8H2,1H3/b21-9+. The molecule has 0 aliphatic heterocycles. The molecule has 2 aromatic carbocycles. The zero-order valence-corrected chi connectivity index (χ0v) is 13.7. The molecule has 3 rings (SSSR count). The van der Waals surface area contributed by atoms with E-state index in [-0.39, 0.29) is 17.1 Å². The molecule has 0 bridgehead atoms. The first-order chi connectivity index (χ1) is 12.0. The molecule has 0 atom stereocenters. The predicted molar refractivity (Wildman–Crippen MR) is 87.4 cm³/mol. The first-order valence-electron chi connectivity index (χ1n) is 7.13. The summed E-state index contributed by atoms with van der Waals surface area (Å²) in [6, 6.07) is 8.71. The fourth-order valence-electron chi connectivity index (χ4n) is 2.13. The molecule has 3 aromatic rings. The molecule has 0 radical (unpaired) electrons. The van der Waals surface area contributed by atoms with E-state index in [4.69, 9.17) is 16.4 Å². The molecule has 1 heterocycles. The lowest BCUT2D eigenvalue weighted by Gasteiger charge is -2.04. The van der Waals surface area contributed by atoms with Gasteiger partial charge in [-0.15, -0.1) is 5.10 Å². The maximum absolute atomic E-state index is 13.2. The van der Waals surface area contributed by atoms with Gasteiger partial charge in [0.15, 0.2) is 11.6 Å². The van der Waals surface area contributed by atoms with Crippen molar-refractivity contribution < 1.29 is 18.4 Å². The Morgan fingerprint density at radius 1 is 1.28 bits per heavy atom. The fourth-order valence-corrected chi connectivity index (χ4v) is 2.35. The van der Waals surface area contributed by atoms with E-state index in [2.05, 4.69) is 15.5 Å². The molecule has 0 aliphatic carbocycles. The SMILES string of the molecule is C/C(Cn1nnc2ccccc21)=N\OC(=O)c1cc(F)c(F)cc1Cl. The molecule has 0 fully saturated rings. The molecule has 128 valence electrons. The van der Waals surface area contributed by atoms with E-state index in [1.54, 1.807) is 11.6 Å². The Morgan fingerprint density at radius 2 is 2.00 bits per heavy atom. The van der Waals surface area contributed by atoms with Gasteiger partial charge in [0.1, 0.15) is 5.52 Å². The molecule has 0 spiro atoms. The van der Waals surface area contributed by atoms with Gasteiger partial charge in [-0.25, -0.2) is 18.3 Å². The van der Waals surface area contributed by atoms with Gasteiger partial charge in [0, 0.05) is 0 Å². The van der Waals surface area contributed by atoms with Crippen LogP contribution in [0, 0.1) is 11.6 Å². The summed E-state index contributed by atoms with van der Waals surface area (Å²) >= 11 is 5.71. The molecule has 0 unspecified atom stereocenters. The summed E-state index contributed by atoms with van der Waals surface area (Å²) < 4.78 is 27.8. The van der Waals surface area contributed by atoms with Gasteiger partial charge >= 0.3 is 5.97 Å². The Balaban J connectivity index is 1.73. The second-order valence-corrected chi connectivity index (χ2v) is 5.59. The first kappa shape index (κ1) is 17.0. The highest BCUT2D eigenvalue weighted by Crippen LogP contribution is 2.21. The number of hydrogen-bond donors (Lipinski definition) is 0. The third-order valence-corrected chi connectivity index (χ3v) is 3.63. The number of nitrogens with zero attached hydrogens (tertiary/aromatic N) is 4. The fraction of sp³-hybridized carbons (Fsp3) is 0.125. The number of fused-ring (bicyclic) bond motifs is 1. The van der Waals surface area contributed by atoms with Crippen LogP contribution in [0.4, 0.5) is 8.78 Å². The third-order valence-electron chi connectivity index (χ3n) is 3.31. The van der Waals surface area contributed by atoms with Crippen molar-refractivity contribution in [3.05, 3.63) is 58.6 Å². The highest BCUT2D eigenvalue weighted by molar-refractivity contribution is 6.33. The van der Waals surface area contributed by atoms with E-state index in [1.165, 1.54) is 0 Å². The zero-order valence-electron chi connectivity index (χ0n) is 12.9. The number of hydrogen-bond acceptors (Lipinski definition) is 5. The van der Waals surface area contributed by atoms with Crippen molar-refractivity contribution in [1.82, 2.24) is 15.0 Å². The molecule has 25 heavy (non-hydrogen) atoms. The summed E-state index contributed by atoms with van der Waals surface area (Å²) in [4.78, 5) is 16.7. The van der Waals surface area contributed by atoms with E-state index < -0.39 is 17.6 Å². The Labute approximate surface area is 145 Å². The van der Waals surface area contributed by atoms with Gasteiger partial charge < -0.3 is 4.84 Å². The van der Waals surface area contributed by atoms with Gasteiger partial charge in [-0.3, -0.25) is 0 Å². The predicted octanol–water partition coefficient (Wildman–Crippen LogP) is 3.60. The van der Waals surface area contributed by atoms with Crippen molar-refractivity contribution in [2.75, 3.05) is 0 Å². The number of carbonyl (C=O) groups excluding carboxylic acids is 1. The number of benzene rings is 2. The summed E-state index contributed by atoms with van der Waals surface area (Å²) in [7, 11) is 0. The highest BCUT2D eigenvalue weighted by Gasteiger charge is 2.17. The summed E-state index contributed by atoms with van der Waals surface area (Å²) in [5, 5.41) is 11.4. The molecule has 0 amide bonds. The summed E-state index contributed by atoms with van der Waals surface area (Å²) in [5.74, 6) is -3.35. The van der Waals surface area contributed by atoms with Crippen molar-refractivity contribution in [2.24, 2.45) is 5.16 Å². The lowest BCUT2D eigenvalue weighted by molar-refractivity contribution is 0.0514. The van der Waals surface area contributed by atoms with E-state index in [0.29, 0.717) is 17.8 Å². The summed E-state index contributed by atoms with van der Waals surface area (Å²) in [6.07, 6.45) is 0. The van der Waals surface area contributed by atoms with Crippen LogP contribution in [0.5, 0.6) is 0 Å². The van der Waals surface area contributed by atoms with Crippen LogP contribution in [0.3, 0.4) is 0 Å². The molecule has 0 aliphatic rings. The number of para-hydroxylation sites is 1. The van der Waals surface area contributed by atoms with Crippen molar-refractivity contribution >= 4 is 34.3 Å². The van der Waals surface area contributed by atoms with Crippen LogP contribution in [0.15, 0.2) is 41.6 Å². The number of halogens is 3. The average molecular weight is 365 g/mol.